The molecule has 0 atom stereocenters. The Kier molecular flexibility index (Phi) is 33.8. The molecule has 0 unspecified atom stereocenters. The highest BCUT2D eigenvalue weighted by Crippen LogP contribution is 2.44. The van der Waals surface area contributed by atoms with Crippen molar-refractivity contribution < 1.29 is 14.3 Å². The zero-order chi connectivity index (χ0) is 62.6. The van der Waals surface area contributed by atoms with E-state index < -0.39 is 0 Å². The minimum atomic E-state index is 0. The fourth-order valence-corrected chi connectivity index (χ4v) is 18.9. The van der Waals surface area contributed by atoms with E-state index in [9.17, 15) is 0 Å². The number of hydrogen-bond acceptors (Lipinski definition) is 0. The van der Waals surface area contributed by atoms with Gasteiger partial charge in [-0.15, -0.1) is 0 Å². The molecule has 2 aromatic carbocycles. The van der Waals surface area contributed by atoms with Crippen LogP contribution in [0.5, 0.6) is 0 Å². The maximum absolute atomic E-state index is 2.56. The van der Waals surface area contributed by atoms with E-state index in [1.165, 1.54) is 217 Å². The molecule has 2 aromatic rings. The number of aryl methyl sites for hydroxylation is 2. The second-order valence-corrected chi connectivity index (χ2v) is 35.1. The van der Waals surface area contributed by atoms with E-state index in [4.69, 9.17) is 0 Å². The van der Waals surface area contributed by atoms with E-state index in [1.807, 2.05) is 0 Å². The van der Waals surface area contributed by atoms with Gasteiger partial charge in [-0.1, -0.05) is 308 Å². The zero-order valence-electron chi connectivity index (χ0n) is 61.0. The second-order valence-electron chi connectivity index (χ2n) is 35.1. The first-order valence-corrected chi connectivity index (χ1v) is 40.3. The summed E-state index contributed by atoms with van der Waals surface area (Å²) in [5, 5.41) is 0. The molecule has 0 nitrogen and oxygen atoms in total. The number of allylic oxidation sites excluding steroid dienone is 2. The van der Waals surface area contributed by atoms with Crippen LogP contribution in [-0.2, 0) is 0 Å². The van der Waals surface area contributed by atoms with Crippen LogP contribution in [0.4, 0.5) is 0 Å². The summed E-state index contributed by atoms with van der Waals surface area (Å²) in [5.41, 5.74) is 5.86. The van der Waals surface area contributed by atoms with Crippen molar-refractivity contribution in [1.82, 2.24) is 0 Å². The third-order valence-corrected chi connectivity index (χ3v) is 26.7. The van der Waals surface area contributed by atoms with Crippen molar-refractivity contribution in [3.8, 4) is 0 Å². The molecule has 522 valence electrons. The molecule has 88 heavy (non-hydrogen) atoms. The maximum Gasteiger partial charge on any atom is 0 e. The van der Waals surface area contributed by atoms with Crippen LogP contribution in [0.25, 0.3) is 0 Å². The average molecular weight is 1230 g/mol. The number of rotatable bonds is 9. The molecule has 0 spiro atoms. The first kappa shape index (κ1) is 73.6. The Balaban J connectivity index is -0.000000531. The Morgan fingerprint density at radius 3 is 0.636 bits per heavy atom. The van der Waals surface area contributed by atoms with Crippen molar-refractivity contribution >= 4 is 0 Å². The highest BCUT2D eigenvalue weighted by Gasteiger charge is 2.31. The Morgan fingerprint density at radius 2 is 0.420 bits per heavy atom. The molecule has 0 heteroatoms. The molecule has 10 aliphatic carbocycles. The lowest BCUT2D eigenvalue weighted by atomic mass is 9.70. The summed E-state index contributed by atoms with van der Waals surface area (Å²) >= 11 is 0. The summed E-state index contributed by atoms with van der Waals surface area (Å²) < 4.78 is 0. The SMILES string of the molecule is CC1CCC(/C=C/C2CCC(C)CC2)CC1.CC1CCC(C2CCC(C)CC2)CC1.CC1CCC(C2CCC(C)CC2)CC1.CC1CCC(CCC2CCC(C)CC2)CC1.Cc1ccc(C2CCC(C)CC2)cc1.Cc1ccc(C2CCC(C)CC2)cc1.[HH].[HH].[HH].[HH].[HH].[HH].[HH].[HH].[HH].[HH]. The van der Waals surface area contributed by atoms with Gasteiger partial charge in [0.1, 0.15) is 0 Å². The molecule has 0 radical (unpaired) electrons. The zero-order valence-corrected chi connectivity index (χ0v) is 61.0. The highest BCUT2D eigenvalue weighted by molar-refractivity contribution is 5.26. The van der Waals surface area contributed by atoms with Gasteiger partial charge >= 0.3 is 0 Å². The minimum absolute atomic E-state index is 0. The topological polar surface area (TPSA) is 0 Å². The van der Waals surface area contributed by atoms with Gasteiger partial charge in [0.05, 0.1) is 0 Å². The summed E-state index contributed by atoms with van der Waals surface area (Å²) in [6.45, 7) is 28.5. The van der Waals surface area contributed by atoms with E-state index in [0.717, 1.165) is 118 Å². The van der Waals surface area contributed by atoms with Crippen molar-refractivity contribution in [2.45, 2.75) is 365 Å². The van der Waals surface area contributed by atoms with Crippen molar-refractivity contribution in [3.63, 3.8) is 0 Å². The van der Waals surface area contributed by atoms with E-state index >= 15 is 0 Å². The van der Waals surface area contributed by atoms with Crippen LogP contribution in [0.15, 0.2) is 60.7 Å². The Hall–Kier alpha value is -1.82. The van der Waals surface area contributed by atoms with Crippen LogP contribution in [0.3, 0.4) is 0 Å². The van der Waals surface area contributed by atoms with Crippen molar-refractivity contribution in [2.24, 2.45) is 107 Å². The first-order chi connectivity index (χ1) is 42.5. The monoisotopic (exact) mass is 1230 g/mol. The fraction of sp³-hybridized carbons (Fsp3) is 0.841. The van der Waals surface area contributed by atoms with Gasteiger partial charge in [0, 0.05) is 14.3 Å². The molecule has 0 aromatic heterocycles. The first-order valence-electron chi connectivity index (χ1n) is 40.3. The summed E-state index contributed by atoms with van der Waals surface area (Å²) in [6, 6.07) is 18.2. The third-order valence-electron chi connectivity index (χ3n) is 26.7. The normalized spacial score (nSPS) is 38.0. The predicted octanol–water partition coefficient (Wildman–Crippen LogP) is 30.9. The molecule has 0 N–H and O–H groups in total. The van der Waals surface area contributed by atoms with Gasteiger partial charge in [-0.2, -0.15) is 0 Å². The summed E-state index contributed by atoms with van der Waals surface area (Å²) in [6.07, 6.45) is 67.6. The highest BCUT2D eigenvalue weighted by atomic mass is 14.4. The van der Waals surface area contributed by atoms with E-state index in [-0.39, 0.29) is 14.3 Å². The summed E-state index contributed by atoms with van der Waals surface area (Å²) in [4.78, 5) is 0. The Bertz CT molecular complexity index is 1880. The van der Waals surface area contributed by atoms with Crippen molar-refractivity contribution in [1.29, 1.82) is 0 Å². The largest absolute Gasteiger partial charge is 0.0851 e. The molecule has 0 heterocycles. The van der Waals surface area contributed by atoms with Crippen LogP contribution in [0.1, 0.15) is 387 Å². The predicted molar refractivity (Wildman–Crippen MR) is 412 cm³/mol. The fourth-order valence-electron chi connectivity index (χ4n) is 18.9. The lowest BCUT2D eigenvalue weighted by molar-refractivity contribution is 0.155. The quantitative estimate of drug-likeness (QED) is 0.220. The van der Waals surface area contributed by atoms with Crippen LogP contribution in [0, 0.1) is 120 Å². The van der Waals surface area contributed by atoms with E-state index in [2.05, 4.69) is 144 Å². The average Bonchev–Trinajstić information content (AvgIpc) is 0.947. The van der Waals surface area contributed by atoms with Crippen molar-refractivity contribution in [3.05, 3.63) is 82.9 Å². The van der Waals surface area contributed by atoms with Gasteiger partial charge in [0.2, 0.25) is 0 Å². The molecule has 0 aliphatic heterocycles. The third kappa shape index (κ3) is 28.0. The van der Waals surface area contributed by atoms with Gasteiger partial charge in [-0.05, 0) is 246 Å². The minimum Gasteiger partial charge on any atom is -0.0851 e. The molecular formula is C88H170. The molecule has 10 saturated carbocycles. The Morgan fingerprint density at radius 1 is 0.239 bits per heavy atom. The number of benzene rings is 2. The van der Waals surface area contributed by atoms with Crippen LogP contribution in [0.2, 0.25) is 0 Å². The van der Waals surface area contributed by atoms with E-state index in [1.54, 1.807) is 75.3 Å². The molecule has 0 bridgehead atoms. The van der Waals surface area contributed by atoms with Crippen LogP contribution >= 0.6 is 0 Å². The summed E-state index contributed by atoms with van der Waals surface area (Å²) in [7, 11) is 0. The smallest absolute Gasteiger partial charge is 0 e. The van der Waals surface area contributed by atoms with Crippen molar-refractivity contribution in [2.75, 3.05) is 0 Å². The molecule has 10 aliphatic rings. The van der Waals surface area contributed by atoms with Gasteiger partial charge in [0.15, 0.2) is 0 Å². The summed E-state index contributed by atoms with van der Waals surface area (Å²) in [5.74, 6) is 20.1. The van der Waals surface area contributed by atoms with Gasteiger partial charge in [-0.3, -0.25) is 0 Å². The second kappa shape index (κ2) is 40.4. The molecular weight excluding hydrogens is 1060 g/mol. The molecule has 0 amide bonds. The van der Waals surface area contributed by atoms with Gasteiger partial charge in [-0.25, -0.2) is 0 Å². The Labute approximate surface area is 565 Å². The van der Waals surface area contributed by atoms with Gasteiger partial charge in [0.25, 0.3) is 0 Å². The van der Waals surface area contributed by atoms with Crippen LogP contribution < -0.4 is 0 Å². The lowest BCUT2D eigenvalue weighted by Gasteiger charge is -2.36. The maximum atomic E-state index is 2.56. The molecule has 10 fully saturated rings. The standard InChI is InChI=1S/C16H30.C16H28.2C14H26.2C14H20.10H2/c2*1-13-3-7-15(8-4-13)11-12-16-9-5-14(2)6-10-16;4*1-11-3-7-13(8-4-11)14-9-5-12(2)6-10-14;;;;;;;;;;/h13-16H,3-12H2,1-2H3;11-16H,3-10H2,1-2H3;2*11-14H,3-10H2,1-2H3;2*3-4,7-8,12,14H,5-6,9-10H2,1-2H3;10*1H/b;12-11+;;;;;;;;;;;;;;. The molecule has 12 rings (SSSR count). The lowest BCUT2D eigenvalue weighted by Crippen LogP contribution is -2.24. The van der Waals surface area contributed by atoms with Crippen LogP contribution in [-0.4, -0.2) is 0 Å². The van der Waals surface area contributed by atoms with Gasteiger partial charge < -0.3 is 0 Å². The molecule has 0 saturated heterocycles. The van der Waals surface area contributed by atoms with E-state index in [0.29, 0.717) is 0 Å². The number of hydrogen-bond donors (Lipinski definition) is 0.